The highest BCUT2D eigenvalue weighted by Crippen LogP contribution is 2.14. The van der Waals surface area contributed by atoms with E-state index in [2.05, 4.69) is 43.4 Å². The molecule has 1 aromatic carbocycles. The van der Waals surface area contributed by atoms with Crippen molar-refractivity contribution < 1.29 is 5.11 Å². The normalized spacial score (nSPS) is 13.8. The predicted octanol–water partition coefficient (Wildman–Crippen LogP) is 2.81. The van der Waals surface area contributed by atoms with E-state index in [0.29, 0.717) is 6.04 Å². The minimum absolute atomic E-state index is 0.336. The molecule has 16 heavy (non-hydrogen) atoms. The molecule has 1 rings (SSSR count). The molecular weight excluding hydrogens is 198 g/mol. The molecule has 0 bridgehead atoms. The Morgan fingerprint density at radius 3 is 2.31 bits per heavy atom. The van der Waals surface area contributed by atoms with E-state index in [4.69, 9.17) is 0 Å². The maximum atomic E-state index is 9.60. The summed E-state index contributed by atoms with van der Waals surface area (Å²) in [5.74, 6) is 0. The molecule has 1 aromatic rings. The smallest absolute Gasteiger partial charge is 0.0603 e. The number of nitrogens with one attached hydrogen (secondary N) is 1. The Bertz CT molecular complexity index is 311. The van der Waals surface area contributed by atoms with E-state index in [0.717, 1.165) is 13.0 Å². The van der Waals surface area contributed by atoms with Crippen LogP contribution in [-0.4, -0.2) is 17.3 Å². The fraction of sp³-hybridized carbons (Fsp3) is 0.571. The zero-order valence-corrected chi connectivity index (χ0v) is 10.7. The first-order chi connectivity index (χ1) is 7.38. The van der Waals surface area contributed by atoms with E-state index in [1.54, 1.807) is 0 Å². The first kappa shape index (κ1) is 13.2. The highest BCUT2D eigenvalue weighted by atomic mass is 16.3. The highest BCUT2D eigenvalue weighted by molar-refractivity contribution is 5.23. The van der Waals surface area contributed by atoms with Crippen molar-refractivity contribution in [3.05, 3.63) is 35.4 Å². The molecule has 0 radical (unpaired) electrons. The van der Waals surface area contributed by atoms with Crippen LogP contribution in [0.3, 0.4) is 0 Å². The number of benzene rings is 1. The molecule has 0 aliphatic carbocycles. The van der Waals surface area contributed by atoms with E-state index in [1.165, 1.54) is 11.1 Å². The lowest BCUT2D eigenvalue weighted by atomic mass is 10.0. The molecule has 1 atom stereocenters. The molecule has 0 aliphatic rings. The van der Waals surface area contributed by atoms with Crippen molar-refractivity contribution in [1.82, 2.24) is 5.32 Å². The minimum Gasteiger partial charge on any atom is -0.390 e. The standard InChI is InChI=1S/C14H23NO/c1-11-5-7-13(8-6-11)12(2)15-10-9-14(3,4)16/h5-8,12,15-16H,9-10H2,1-4H3. The van der Waals surface area contributed by atoms with Crippen LogP contribution in [0.4, 0.5) is 0 Å². The summed E-state index contributed by atoms with van der Waals surface area (Å²) in [4.78, 5) is 0. The Morgan fingerprint density at radius 1 is 1.25 bits per heavy atom. The Labute approximate surface area is 98.7 Å². The van der Waals surface area contributed by atoms with E-state index < -0.39 is 5.60 Å². The molecule has 0 aliphatic heterocycles. The maximum Gasteiger partial charge on any atom is 0.0603 e. The van der Waals surface area contributed by atoms with Crippen molar-refractivity contribution in [3.8, 4) is 0 Å². The second-order valence-electron chi connectivity index (χ2n) is 5.15. The number of hydrogen-bond acceptors (Lipinski definition) is 2. The van der Waals surface area contributed by atoms with Gasteiger partial charge < -0.3 is 10.4 Å². The van der Waals surface area contributed by atoms with E-state index in [-0.39, 0.29) is 0 Å². The number of hydrogen-bond donors (Lipinski definition) is 2. The molecule has 2 heteroatoms. The van der Waals surface area contributed by atoms with Gasteiger partial charge in [-0.05, 0) is 46.2 Å². The first-order valence-electron chi connectivity index (χ1n) is 5.91. The van der Waals surface area contributed by atoms with Crippen molar-refractivity contribution in [2.75, 3.05) is 6.54 Å². The van der Waals surface area contributed by atoms with Gasteiger partial charge in [-0.1, -0.05) is 29.8 Å². The molecular formula is C14H23NO. The molecule has 0 saturated heterocycles. The maximum absolute atomic E-state index is 9.60. The average Bonchev–Trinajstić information content (AvgIpc) is 2.16. The fourth-order valence-electron chi connectivity index (χ4n) is 1.57. The van der Waals surface area contributed by atoms with Crippen LogP contribution in [-0.2, 0) is 0 Å². The minimum atomic E-state index is -0.583. The monoisotopic (exact) mass is 221 g/mol. The third kappa shape index (κ3) is 4.77. The topological polar surface area (TPSA) is 32.3 Å². The van der Waals surface area contributed by atoms with Crippen LogP contribution in [0.15, 0.2) is 24.3 Å². The van der Waals surface area contributed by atoms with Gasteiger partial charge in [0.2, 0.25) is 0 Å². The molecule has 1 unspecified atom stereocenters. The molecule has 0 fully saturated rings. The highest BCUT2D eigenvalue weighted by Gasteiger charge is 2.12. The lowest BCUT2D eigenvalue weighted by Crippen LogP contribution is -2.28. The largest absolute Gasteiger partial charge is 0.390 e. The fourth-order valence-corrected chi connectivity index (χ4v) is 1.57. The van der Waals surface area contributed by atoms with Crippen LogP contribution in [0.5, 0.6) is 0 Å². The van der Waals surface area contributed by atoms with E-state index in [9.17, 15) is 5.11 Å². The summed E-state index contributed by atoms with van der Waals surface area (Å²) in [6, 6.07) is 8.89. The van der Waals surface area contributed by atoms with Gasteiger partial charge in [0, 0.05) is 6.04 Å². The third-order valence-electron chi connectivity index (χ3n) is 2.76. The number of aliphatic hydroxyl groups is 1. The van der Waals surface area contributed by atoms with Gasteiger partial charge in [0.15, 0.2) is 0 Å². The van der Waals surface area contributed by atoms with Crippen LogP contribution in [0, 0.1) is 6.92 Å². The third-order valence-corrected chi connectivity index (χ3v) is 2.76. The summed E-state index contributed by atoms with van der Waals surface area (Å²) in [5, 5.41) is 13.0. The average molecular weight is 221 g/mol. The van der Waals surface area contributed by atoms with Crippen LogP contribution >= 0.6 is 0 Å². The zero-order chi connectivity index (χ0) is 12.2. The molecule has 0 spiro atoms. The summed E-state index contributed by atoms with van der Waals surface area (Å²) in [7, 11) is 0. The van der Waals surface area contributed by atoms with Gasteiger partial charge >= 0.3 is 0 Å². The van der Waals surface area contributed by atoms with E-state index >= 15 is 0 Å². The van der Waals surface area contributed by atoms with Gasteiger partial charge in [-0.25, -0.2) is 0 Å². The van der Waals surface area contributed by atoms with Crippen LogP contribution in [0.25, 0.3) is 0 Å². The lowest BCUT2D eigenvalue weighted by molar-refractivity contribution is 0.0705. The summed E-state index contributed by atoms with van der Waals surface area (Å²) in [6.07, 6.45) is 0.767. The number of rotatable bonds is 5. The van der Waals surface area contributed by atoms with Crippen molar-refractivity contribution in [3.63, 3.8) is 0 Å². The summed E-state index contributed by atoms with van der Waals surface area (Å²) >= 11 is 0. The molecule has 2 N–H and O–H groups in total. The van der Waals surface area contributed by atoms with Gasteiger partial charge in [-0.15, -0.1) is 0 Å². The van der Waals surface area contributed by atoms with Crippen LogP contribution in [0.2, 0.25) is 0 Å². The second kappa shape index (κ2) is 5.46. The summed E-state index contributed by atoms with van der Waals surface area (Å²) in [6.45, 7) is 8.75. The Kier molecular flexibility index (Phi) is 4.51. The van der Waals surface area contributed by atoms with Gasteiger partial charge in [-0.2, -0.15) is 0 Å². The molecule has 2 nitrogen and oxygen atoms in total. The van der Waals surface area contributed by atoms with Gasteiger partial charge in [0.1, 0.15) is 0 Å². The summed E-state index contributed by atoms with van der Waals surface area (Å²) in [5.41, 5.74) is 1.99. The predicted molar refractivity (Wildman–Crippen MR) is 68.5 cm³/mol. The molecule has 0 aromatic heterocycles. The summed E-state index contributed by atoms with van der Waals surface area (Å²) < 4.78 is 0. The molecule has 0 amide bonds. The quantitative estimate of drug-likeness (QED) is 0.801. The Morgan fingerprint density at radius 2 is 1.81 bits per heavy atom. The van der Waals surface area contributed by atoms with Gasteiger partial charge in [0.25, 0.3) is 0 Å². The van der Waals surface area contributed by atoms with Crippen molar-refractivity contribution in [2.45, 2.75) is 45.8 Å². The second-order valence-corrected chi connectivity index (χ2v) is 5.15. The molecule has 0 saturated carbocycles. The Balaban J connectivity index is 2.41. The van der Waals surface area contributed by atoms with Crippen LogP contribution in [0.1, 0.15) is 44.4 Å². The molecule has 90 valence electrons. The Hall–Kier alpha value is -0.860. The SMILES string of the molecule is Cc1ccc(C(C)NCCC(C)(C)O)cc1. The van der Waals surface area contributed by atoms with Crippen molar-refractivity contribution >= 4 is 0 Å². The zero-order valence-electron chi connectivity index (χ0n) is 10.7. The van der Waals surface area contributed by atoms with E-state index in [1.807, 2.05) is 13.8 Å². The van der Waals surface area contributed by atoms with Gasteiger partial charge in [0.05, 0.1) is 5.60 Å². The number of aryl methyl sites for hydroxylation is 1. The lowest BCUT2D eigenvalue weighted by Gasteiger charge is -2.20. The first-order valence-corrected chi connectivity index (χ1v) is 5.91. The van der Waals surface area contributed by atoms with Crippen molar-refractivity contribution in [1.29, 1.82) is 0 Å². The van der Waals surface area contributed by atoms with Gasteiger partial charge in [-0.3, -0.25) is 0 Å². The molecule has 0 heterocycles. The van der Waals surface area contributed by atoms with Crippen LogP contribution < -0.4 is 5.32 Å². The van der Waals surface area contributed by atoms with Crippen molar-refractivity contribution in [2.24, 2.45) is 0 Å².